The summed E-state index contributed by atoms with van der Waals surface area (Å²) in [7, 11) is 0. The molecule has 0 radical (unpaired) electrons. The van der Waals surface area contributed by atoms with Crippen molar-refractivity contribution >= 4 is 29.5 Å². The van der Waals surface area contributed by atoms with E-state index in [0.29, 0.717) is 8.83 Å². The van der Waals surface area contributed by atoms with Crippen LogP contribution in [0.15, 0.2) is 54.6 Å². The van der Waals surface area contributed by atoms with Gasteiger partial charge >= 0.3 is 5.97 Å². The highest BCUT2D eigenvalue weighted by Crippen LogP contribution is 2.30. The lowest BCUT2D eigenvalue weighted by Gasteiger charge is -2.04. The quantitative estimate of drug-likeness (QED) is 0.680. The van der Waals surface area contributed by atoms with E-state index in [2.05, 4.69) is 4.98 Å². The summed E-state index contributed by atoms with van der Waals surface area (Å²) >= 11 is 6.32. The molecule has 1 aromatic heterocycles. The first kappa shape index (κ1) is 13.7. The first-order chi connectivity index (χ1) is 10.1. The van der Waals surface area contributed by atoms with E-state index in [4.69, 9.17) is 12.2 Å². The van der Waals surface area contributed by atoms with Crippen LogP contribution in [-0.2, 0) is 0 Å². The van der Waals surface area contributed by atoms with Gasteiger partial charge in [0.15, 0.2) is 3.95 Å². The minimum Gasteiger partial charge on any atom is -0.477 e. The monoisotopic (exact) mass is 313 g/mol. The summed E-state index contributed by atoms with van der Waals surface area (Å²) in [6.45, 7) is 0. The van der Waals surface area contributed by atoms with Crippen LogP contribution < -0.4 is 0 Å². The number of aromatic carboxylic acids is 1. The van der Waals surface area contributed by atoms with Crippen LogP contribution in [0.2, 0.25) is 0 Å². The van der Waals surface area contributed by atoms with Crippen LogP contribution in [-0.4, -0.2) is 16.1 Å². The van der Waals surface area contributed by atoms with Gasteiger partial charge in [-0.05, 0) is 28.9 Å². The summed E-state index contributed by atoms with van der Waals surface area (Å²) < 4.78 is 0.467. The van der Waals surface area contributed by atoms with Gasteiger partial charge in [0.25, 0.3) is 0 Å². The molecule has 0 aliphatic heterocycles. The minimum atomic E-state index is -0.996. The summed E-state index contributed by atoms with van der Waals surface area (Å²) in [4.78, 5) is 14.6. The van der Waals surface area contributed by atoms with Gasteiger partial charge < -0.3 is 10.1 Å². The molecule has 2 N–H and O–H groups in total. The molecule has 5 heteroatoms. The average Bonchev–Trinajstić information content (AvgIpc) is 2.91. The molecule has 0 aliphatic rings. The Balaban J connectivity index is 2.02. The van der Waals surface area contributed by atoms with E-state index in [9.17, 15) is 9.90 Å². The van der Waals surface area contributed by atoms with Gasteiger partial charge in [0, 0.05) is 0 Å². The predicted octanol–water partition coefficient (Wildman–Crippen LogP) is 4.84. The molecule has 0 unspecified atom stereocenters. The van der Waals surface area contributed by atoms with Crippen LogP contribution >= 0.6 is 23.6 Å². The zero-order valence-corrected chi connectivity index (χ0v) is 12.5. The van der Waals surface area contributed by atoms with Crippen LogP contribution in [0.25, 0.3) is 21.6 Å². The number of benzene rings is 2. The third-order valence-corrected chi connectivity index (χ3v) is 4.40. The van der Waals surface area contributed by atoms with Crippen molar-refractivity contribution in [2.45, 2.75) is 0 Å². The zero-order chi connectivity index (χ0) is 14.8. The van der Waals surface area contributed by atoms with Crippen molar-refractivity contribution in [3.8, 4) is 21.6 Å². The SMILES string of the molecule is O=C(O)c1[nH]c(=S)sc1-c1ccc(-c2ccccc2)cc1. The van der Waals surface area contributed by atoms with E-state index in [1.807, 2.05) is 54.6 Å². The maximum Gasteiger partial charge on any atom is 0.353 e. The van der Waals surface area contributed by atoms with E-state index < -0.39 is 5.97 Å². The lowest BCUT2D eigenvalue weighted by Crippen LogP contribution is -1.98. The molecular weight excluding hydrogens is 302 g/mol. The van der Waals surface area contributed by atoms with Crippen molar-refractivity contribution < 1.29 is 9.90 Å². The fourth-order valence-electron chi connectivity index (χ4n) is 2.13. The van der Waals surface area contributed by atoms with Gasteiger partial charge in [-0.15, -0.1) is 11.3 Å². The predicted molar refractivity (Wildman–Crippen MR) is 87.3 cm³/mol. The van der Waals surface area contributed by atoms with Crippen molar-refractivity contribution in [2.24, 2.45) is 0 Å². The molecule has 0 saturated heterocycles. The van der Waals surface area contributed by atoms with Gasteiger partial charge in [-0.2, -0.15) is 0 Å². The van der Waals surface area contributed by atoms with E-state index in [1.165, 1.54) is 11.3 Å². The van der Waals surface area contributed by atoms with E-state index in [0.717, 1.165) is 16.7 Å². The molecule has 0 fully saturated rings. The molecule has 3 rings (SSSR count). The number of aromatic nitrogens is 1. The van der Waals surface area contributed by atoms with Gasteiger partial charge in [-0.25, -0.2) is 4.79 Å². The van der Waals surface area contributed by atoms with Crippen LogP contribution in [0.1, 0.15) is 10.5 Å². The normalized spacial score (nSPS) is 10.5. The Morgan fingerprint density at radius 2 is 1.52 bits per heavy atom. The lowest BCUT2D eigenvalue weighted by atomic mass is 10.0. The Morgan fingerprint density at radius 1 is 0.952 bits per heavy atom. The van der Waals surface area contributed by atoms with Crippen molar-refractivity contribution in [3.63, 3.8) is 0 Å². The van der Waals surface area contributed by atoms with E-state index in [-0.39, 0.29) is 5.69 Å². The van der Waals surface area contributed by atoms with Crippen molar-refractivity contribution in [2.75, 3.05) is 0 Å². The Kier molecular flexibility index (Phi) is 3.68. The van der Waals surface area contributed by atoms with E-state index >= 15 is 0 Å². The molecule has 2 aromatic carbocycles. The molecule has 104 valence electrons. The van der Waals surface area contributed by atoms with Gasteiger partial charge in [-0.1, -0.05) is 54.6 Å². The zero-order valence-electron chi connectivity index (χ0n) is 10.9. The minimum absolute atomic E-state index is 0.150. The van der Waals surface area contributed by atoms with Crippen molar-refractivity contribution in [1.29, 1.82) is 0 Å². The molecule has 3 aromatic rings. The van der Waals surface area contributed by atoms with Crippen LogP contribution in [0.5, 0.6) is 0 Å². The topological polar surface area (TPSA) is 53.1 Å². The first-order valence-electron chi connectivity index (χ1n) is 6.27. The third-order valence-electron chi connectivity index (χ3n) is 3.12. The van der Waals surface area contributed by atoms with E-state index in [1.54, 1.807) is 0 Å². The number of carbonyl (C=O) groups is 1. The number of rotatable bonds is 3. The fraction of sp³-hybridized carbons (Fsp3) is 0. The third kappa shape index (κ3) is 2.79. The lowest BCUT2D eigenvalue weighted by molar-refractivity contribution is 0.0692. The smallest absolute Gasteiger partial charge is 0.353 e. The highest BCUT2D eigenvalue weighted by Gasteiger charge is 2.15. The highest BCUT2D eigenvalue weighted by molar-refractivity contribution is 7.73. The molecular formula is C16H11NO2S2. The second kappa shape index (κ2) is 5.63. The number of H-pyrrole nitrogens is 1. The number of hydrogen-bond donors (Lipinski definition) is 2. The largest absolute Gasteiger partial charge is 0.477 e. The molecule has 0 spiro atoms. The molecule has 0 aliphatic carbocycles. The van der Waals surface area contributed by atoms with Crippen LogP contribution in [0.3, 0.4) is 0 Å². The molecule has 1 heterocycles. The number of aromatic amines is 1. The molecule has 0 atom stereocenters. The summed E-state index contributed by atoms with van der Waals surface area (Å²) in [6.07, 6.45) is 0. The Hall–Kier alpha value is -2.24. The molecule has 0 saturated carbocycles. The molecule has 0 bridgehead atoms. The number of carboxylic acid groups (broad SMARTS) is 1. The molecule has 3 nitrogen and oxygen atoms in total. The van der Waals surface area contributed by atoms with Gasteiger partial charge in [0.2, 0.25) is 0 Å². The number of carboxylic acids is 1. The van der Waals surface area contributed by atoms with Gasteiger partial charge in [0.05, 0.1) is 4.88 Å². The van der Waals surface area contributed by atoms with Crippen LogP contribution in [0.4, 0.5) is 0 Å². The average molecular weight is 313 g/mol. The molecule has 21 heavy (non-hydrogen) atoms. The summed E-state index contributed by atoms with van der Waals surface area (Å²) in [5, 5.41) is 9.20. The number of thiazole rings is 1. The fourth-order valence-corrected chi connectivity index (χ4v) is 3.31. The van der Waals surface area contributed by atoms with Crippen molar-refractivity contribution in [1.82, 2.24) is 4.98 Å². The second-order valence-electron chi connectivity index (χ2n) is 4.47. The first-order valence-corrected chi connectivity index (χ1v) is 7.50. The Labute approximate surface area is 130 Å². The summed E-state index contributed by atoms with van der Waals surface area (Å²) in [5.74, 6) is -0.996. The van der Waals surface area contributed by atoms with Gasteiger partial charge in [-0.3, -0.25) is 0 Å². The maximum absolute atomic E-state index is 11.2. The van der Waals surface area contributed by atoms with Crippen molar-refractivity contribution in [3.05, 3.63) is 64.2 Å². The number of hydrogen-bond acceptors (Lipinski definition) is 3. The van der Waals surface area contributed by atoms with Gasteiger partial charge in [0.1, 0.15) is 5.69 Å². The summed E-state index contributed by atoms with van der Waals surface area (Å²) in [5.41, 5.74) is 3.22. The van der Waals surface area contributed by atoms with Crippen LogP contribution in [0, 0.1) is 3.95 Å². The Morgan fingerprint density at radius 3 is 2.14 bits per heavy atom. The summed E-state index contributed by atoms with van der Waals surface area (Å²) in [6, 6.07) is 17.8. The Bertz CT molecular complexity index is 833. The standard InChI is InChI=1S/C16H11NO2S2/c18-15(19)13-14(21-16(20)17-13)12-8-6-11(7-9-12)10-4-2-1-3-5-10/h1-9H,(H,17,20)(H,18,19). The second-order valence-corrected chi connectivity index (χ2v) is 6.15. The maximum atomic E-state index is 11.2. The molecule has 0 amide bonds. The number of nitrogens with one attached hydrogen (secondary N) is 1. The highest BCUT2D eigenvalue weighted by atomic mass is 32.1.